The van der Waals surface area contributed by atoms with Crippen molar-refractivity contribution in [3.05, 3.63) is 28.0 Å². The van der Waals surface area contributed by atoms with E-state index in [9.17, 15) is 9.59 Å². The third-order valence-corrected chi connectivity index (χ3v) is 6.69. The van der Waals surface area contributed by atoms with Crippen LogP contribution in [0.2, 0.25) is 0 Å². The number of carbonyl (C=O) groups excluding carboxylic acids is 1. The molecule has 3 heterocycles. The smallest absolute Gasteiger partial charge is 0.328 e. The van der Waals surface area contributed by atoms with Crippen LogP contribution in [0.5, 0.6) is 0 Å². The number of carbonyl (C=O) groups is 2. The minimum Gasteiger partial charge on any atom is -0.478 e. The Bertz CT molecular complexity index is 674. The van der Waals surface area contributed by atoms with E-state index in [1.54, 1.807) is 12.1 Å². The molecule has 0 spiro atoms. The SMILES string of the molecule is O=C(O)/C=C/c1ccc(C(=O)NCCCN2CCC(N3CCCCC3)CC2)s1. The highest BCUT2D eigenvalue weighted by atomic mass is 32.1. The third kappa shape index (κ3) is 6.43. The second-order valence-corrected chi connectivity index (χ2v) is 8.77. The maximum Gasteiger partial charge on any atom is 0.328 e. The van der Waals surface area contributed by atoms with Gasteiger partial charge in [-0.2, -0.15) is 0 Å². The van der Waals surface area contributed by atoms with Crippen molar-refractivity contribution in [3.63, 3.8) is 0 Å². The van der Waals surface area contributed by atoms with Gasteiger partial charge in [0.1, 0.15) is 0 Å². The Morgan fingerprint density at radius 2 is 1.89 bits per heavy atom. The van der Waals surface area contributed by atoms with E-state index < -0.39 is 5.97 Å². The molecule has 3 rings (SSSR count). The van der Waals surface area contributed by atoms with Crippen molar-refractivity contribution in [1.29, 1.82) is 0 Å². The molecule has 1 aromatic heterocycles. The summed E-state index contributed by atoms with van der Waals surface area (Å²) in [5.74, 6) is -1.07. The summed E-state index contributed by atoms with van der Waals surface area (Å²) >= 11 is 1.31. The summed E-state index contributed by atoms with van der Waals surface area (Å²) in [6.07, 6.45) is 10.2. The van der Waals surface area contributed by atoms with Crippen LogP contribution in [0.1, 0.15) is 53.1 Å². The number of hydrogen-bond acceptors (Lipinski definition) is 5. The van der Waals surface area contributed by atoms with Gasteiger partial charge < -0.3 is 20.2 Å². The summed E-state index contributed by atoms with van der Waals surface area (Å²) in [6, 6.07) is 4.29. The zero-order chi connectivity index (χ0) is 19.8. The molecule has 7 heteroatoms. The maximum absolute atomic E-state index is 12.2. The Morgan fingerprint density at radius 3 is 2.61 bits per heavy atom. The lowest BCUT2D eigenvalue weighted by atomic mass is 10.00. The van der Waals surface area contributed by atoms with E-state index in [4.69, 9.17) is 5.11 Å². The highest BCUT2D eigenvalue weighted by Gasteiger charge is 2.25. The van der Waals surface area contributed by atoms with Gasteiger partial charge in [0.2, 0.25) is 0 Å². The Labute approximate surface area is 171 Å². The van der Waals surface area contributed by atoms with Crippen LogP contribution in [0, 0.1) is 0 Å². The van der Waals surface area contributed by atoms with Gasteiger partial charge in [-0.25, -0.2) is 4.79 Å². The molecule has 154 valence electrons. The normalized spacial score (nSPS) is 19.9. The van der Waals surface area contributed by atoms with E-state index in [2.05, 4.69) is 15.1 Å². The highest BCUT2D eigenvalue weighted by Crippen LogP contribution is 2.21. The van der Waals surface area contributed by atoms with Crippen LogP contribution < -0.4 is 5.32 Å². The average molecular weight is 406 g/mol. The topological polar surface area (TPSA) is 72.9 Å². The second-order valence-electron chi connectivity index (χ2n) is 7.65. The molecule has 0 aliphatic carbocycles. The van der Waals surface area contributed by atoms with E-state index in [-0.39, 0.29) is 5.91 Å². The summed E-state index contributed by atoms with van der Waals surface area (Å²) in [4.78, 5) is 29.4. The van der Waals surface area contributed by atoms with Gasteiger partial charge >= 0.3 is 5.97 Å². The number of nitrogens with zero attached hydrogens (tertiary/aromatic N) is 2. The van der Waals surface area contributed by atoms with Gasteiger partial charge in [0.15, 0.2) is 0 Å². The molecule has 1 amide bonds. The summed E-state index contributed by atoms with van der Waals surface area (Å²) in [5.41, 5.74) is 0. The molecule has 2 saturated heterocycles. The second kappa shape index (κ2) is 10.7. The maximum atomic E-state index is 12.2. The first kappa shape index (κ1) is 21.0. The summed E-state index contributed by atoms with van der Waals surface area (Å²) in [6.45, 7) is 6.60. The van der Waals surface area contributed by atoms with Gasteiger partial charge in [-0.1, -0.05) is 6.42 Å². The first-order valence-electron chi connectivity index (χ1n) is 10.4. The zero-order valence-corrected chi connectivity index (χ0v) is 17.3. The van der Waals surface area contributed by atoms with E-state index in [1.807, 2.05) is 0 Å². The minimum absolute atomic E-state index is 0.0798. The number of hydrogen-bond donors (Lipinski definition) is 2. The number of nitrogens with one attached hydrogen (secondary N) is 1. The van der Waals surface area contributed by atoms with Crippen LogP contribution in [0.4, 0.5) is 0 Å². The van der Waals surface area contributed by atoms with Crippen molar-refractivity contribution in [2.75, 3.05) is 39.3 Å². The van der Waals surface area contributed by atoms with Crippen LogP contribution >= 0.6 is 11.3 Å². The molecule has 0 unspecified atom stereocenters. The van der Waals surface area contributed by atoms with E-state index in [0.717, 1.165) is 30.0 Å². The Hall–Kier alpha value is -1.70. The number of amides is 1. The lowest BCUT2D eigenvalue weighted by Gasteiger charge is -2.40. The zero-order valence-electron chi connectivity index (χ0n) is 16.4. The van der Waals surface area contributed by atoms with E-state index in [0.29, 0.717) is 11.4 Å². The quantitative estimate of drug-likeness (QED) is 0.514. The molecule has 0 saturated carbocycles. The van der Waals surface area contributed by atoms with Crippen molar-refractivity contribution >= 4 is 29.3 Å². The molecule has 0 radical (unpaired) electrons. The van der Waals surface area contributed by atoms with Crippen LogP contribution in [0.15, 0.2) is 18.2 Å². The lowest BCUT2D eigenvalue weighted by Crippen LogP contribution is -2.47. The molecule has 6 nitrogen and oxygen atoms in total. The first-order chi connectivity index (χ1) is 13.6. The van der Waals surface area contributed by atoms with E-state index >= 15 is 0 Å². The van der Waals surface area contributed by atoms with Crippen molar-refractivity contribution in [2.45, 2.75) is 44.6 Å². The molecule has 2 fully saturated rings. The number of thiophene rings is 1. The molecule has 2 aliphatic heterocycles. The number of piperidine rings is 2. The summed E-state index contributed by atoms with van der Waals surface area (Å²) in [7, 11) is 0. The van der Waals surface area contributed by atoms with Gasteiger partial charge in [0, 0.05) is 23.5 Å². The molecular formula is C21H31N3O3S. The molecule has 0 atom stereocenters. The fraction of sp³-hybridized carbons (Fsp3) is 0.619. The molecule has 28 heavy (non-hydrogen) atoms. The number of aliphatic carboxylic acids is 1. The molecule has 0 aromatic carbocycles. The highest BCUT2D eigenvalue weighted by molar-refractivity contribution is 7.14. The van der Waals surface area contributed by atoms with Gasteiger partial charge in [-0.15, -0.1) is 11.3 Å². The van der Waals surface area contributed by atoms with Gasteiger partial charge in [-0.3, -0.25) is 4.79 Å². The third-order valence-electron chi connectivity index (χ3n) is 5.64. The van der Waals surface area contributed by atoms with E-state index in [1.165, 1.54) is 75.7 Å². The summed E-state index contributed by atoms with van der Waals surface area (Å²) < 4.78 is 0. The largest absolute Gasteiger partial charge is 0.478 e. The monoisotopic (exact) mass is 405 g/mol. The van der Waals surface area contributed by atoms with Gasteiger partial charge in [0.25, 0.3) is 5.91 Å². The standard InChI is InChI=1S/C21H31N3O3S/c25-20(26)8-6-18-5-7-19(28-18)21(27)22-11-4-12-23-15-9-17(10-16-23)24-13-2-1-3-14-24/h5-8,17H,1-4,9-16H2,(H,22,27)(H,25,26)/b8-6+. The van der Waals surface area contributed by atoms with Crippen LogP contribution in [-0.2, 0) is 4.79 Å². The number of rotatable bonds is 8. The van der Waals surface area contributed by atoms with Crippen molar-refractivity contribution in [1.82, 2.24) is 15.1 Å². The molecular weight excluding hydrogens is 374 g/mol. The van der Waals surface area contributed by atoms with Crippen LogP contribution in [-0.4, -0.2) is 72.1 Å². The fourth-order valence-corrected chi connectivity index (χ4v) is 4.93. The number of carboxylic acid groups (broad SMARTS) is 1. The van der Waals surface area contributed by atoms with Gasteiger partial charge in [0.05, 0.1) is 4.88 Å². The first-order valence-corrected chi connectivity index (χ1v) is 11.2. The molecule has 0 bridgehead atoms. The number of likely N-dealkylation sites (tertiary alicyclic amines) is 2. The minimum atomic E-state index is -0.987. The Balaban J connectivity index is 1.30. The fourth-order valence-electron chi connectivity index (χ4n) is 4.10. The van der Waals surface area contributed by atoms with Crippen molar-refractivity contribution in [3.8, 4) is 0 Å². The number of carboxylic acids is 1. The Kier molecular flexibility index (Phi) is 8.06. The average Bonchev–Trinajstić information content (AvgIpc) is 3.20. The molecule has 2 N–H and O–H groups in total. The van der Waals surface area contributed by atoms with Gasteiger partial charge in [-0.05, 0) is 83.0 Å². The molecule has 1 aromatic rings. The van der Waals surface area contributed by atoms with Crippen molar-refractivity contribution in [2.24, 2.45) is 0 Å². The van der Waals surface area contributed by atoms with Crippen LogP contribution in [0.3, 0.4) is 0 Å². The van der Waals surface area contributed by atoms with Crippen LogP contribution in [0.25, 0.3) is 6.08 Å². The van der Waals surface area contributed by atoms with Crippen molar-refractivity contribution < 1.29 is 14.7 Å². The lowest BCUT2D eigenvalue weighted by molar-refractivity contribution is -0.131. The predicted molar refractivity (Wildman–Crippen MR) is 113 cm³/mol. The summed E-state index contributed by atoms with van der Waals surface area (Å²) in [5, 5.41) is 11.6. The molecule has 2 aliphatic rings. The predicted octanol–water partition coefficient (Wildman–Crippen LogP) is 2.92. The Morgan fingerprint density at radius 1 is 1.14 bits per heavy atom.